The third-order valence-corrected chi connectivity index (χ3v) is 2.48. The first-order chi connectivity index (χ1) is 5.77. The van der Waals surface area contributed by atoms with Gasteiger partial charge in [0, 0.05) is 6.61 Å². The smallest absolute Gasteiger partial charge is 0.0838 e. The molecule has 0 aromatic rings. The fraction of sp³-hybridized carbons (Fsp3) is 1.00. The maximum atomic E-state index is 8.97. The lowest BCUT2D eigenvalue weighted by molar-refractivity contribution is 0.00494. The average molecular weight is 174 g/mol. The maximum absolute atomic E-state index is 8.97. The lowest BCUT2D eigenvalue weighted by atomic mass is 9.95. The Morgan fingerprint density at radius 2 is 2.17 bits per heavy atom. The first kappa shape index (κ1) is 9.96. The molecule has 0 radical (unpaired) electrons. The molecular formula is C9H18O3. The molecule has 1 unspecified atom stereocenters. The number of hydrogen-bond acceptors (Lipinski definition) is 3. The molecule has 1 saturated heterocycles. The largest absolute Gasteiger partial charge is 0.396 e. The molecule has 2 N–H and O–H groups in total. The Morgan fingerprint density at radius 3 is 2.75 bits per heavy atom. The molecule has 1 rings (SSSR count). The van der Waals surface area contributed by atoms with Crippen molar-refractivity contribution in [3.05, 3.63) is 0 Å². The molecule has 12 heavy (non-hydrogen) atoms. The molecule has 1 heterocycles. The first-order valence-corrected chi connectivity index (χ1v) is 4.65. The summed E-state index contributed by atoms with van der Waals surface area (Å²) in [6, 6.07) is 0. The van der Waals surface area contributed by atoms with Crippen molar-refractivity contribution in [3.8, 4) is 0 Å². The molecule has 0 aromatic carbocycles. The Hall–Kier alpha value is -0.120. The lowest BCUT2D eigenvalue weighted by Gasteiger charge is -2.14. The summed E-state index contributed by atoms with van der Waals surface area (Å²) in [6.07, 6.45) is 3.08. The van der Waals surface area contributed by atoms with Gasteiger partial charge in [-0.3, -0.25) is 0 Å². The van der Waals surface area contributed by atoms with E-state index in [1.807, 2.05) is 6.92 Å². The van der Waals surface area contributed by atoms with Crippen LogP contribution in [0.5, 0.6) is 0 Å². The van der Waals surface area contributed by atoms with Crippen molar-refractivity contribution in [2.75, 3.05) is 13.2 Å². The minimum Gasteiger partial charge on any atom is -0.396 e. The summed E-state index contributed by atoms with van der Waals surface area (Å²) < 4.78 is 5.49. The van der Waals surface area contributed by atoms with Crippen molar-refractivity contribution >= 4 is 0 Å². The van der Waals surface area contributed by atoms with Crippen LogP contribution in [0.3, 0.4) is 0 Å². The van der Waals surface area contributed by atoms with Crippen LogP contribution in [-0.2, 0) is 4.74 Å². The maximum Gasteiger partial charge on any atom is 0.0838 e. The molecule has 0 saturated carbocycles. The molecule has 0 bridgehead atoms. The van der Waals surface area contributed by atoms with E-state index in [9.17, 15) is 0 Å². The van der Waals surface area contributed by atoms with E-state index in [0.29, 0.717) is 5.92 Å². The average Bonchev–Trinajstić information content (AvgIpc) is 2.42. The summed E-state index contributed by atoms with van der Waals surface area (Å²) >= 11 is 0. The van der Waals surface area contributed by atoms with E-state index in [-0.39, 0.29) is 25.4 Å². The van der Waals surface area contributed by atoms with Gasteiger partial charge in [-0.05, 0) is 32.1 Å². The Labute approximate surface area is 73.4 Å². The van der Waals surface area contributed by atoms with Crippen LogP contribution >= 0.6 is 0 Å². The molecule has 0 aromatic heterocycles. The highest BCUT2D eigenvalue weighted by atomic mass is 16.5. The van der Waals surface area contributed by atoms with Gasteiger partial charge in [0.15, 0.2) is 0 Å². The second-order valence-electron chi connectivity index (χ2n) is 3.53. The molecule has 0 amide bonds. The summed E-state index contributed by atoms with van der Waals surface area (Å²) in [4.78, 5) is 0. The van der Waals surface area contributed by atoms with Crippen LogP contribution in [0.4, 0.5) is 0 Å². The molecular weight excluding hydrogens is 156 g/mol. The monoisotopic (exact) mass is 174 g/mol. The highest BCUT2D eigenvalue weighted by Gasteiger charge is 2.31. The minimum absolute atomic E-state index is 0.00606. The van der Waals surface area contributed by atoms with Gasteiger partial charge in [-0.15, -0.1) is 0 Å². The van der Waals surface area contributed by atoms with Crippen LogP contribution in [0.15, 0.2) is 0 Å². The molecule has 1 fully saturated rings. The van der Waals surface area contributed by atoms with E-state index < -0.39 is 0 Å². The van der Waals surface area contributed by atoms with Gasteiger partial charge in [0.25, 0.3) is 0 Å². The van der Waals surface area contributed by atoms with E-state index in [1.54, 1.807) is 0 Å². The van der Waals surface area contributed by atoms with Gasteiger partial charge in [-0.2, -0.15) is 0 Å². The molecule has 3 atom stereocenters. The van der Waals surface area contributed by atoms with E-state index in [4.69, 9.17) is 14.9 Å². The van der Waals surface area contributed by atoms with Crippen molar-refractivity contribution < 1.29 is 14.9 Å². The second-order valence-corrected chi connectivity index (χ2v) is 3.53. The zero-order chi connectivity index (χ0) is 8.97. The van der Waals surface area contributed by atoms with Crippen LogP contribution in [0.25, 0.3) is 0 Å². The van der Waals surface area contributed by atoms with Gasteiger partial charge in [-0.1, -0.05) is 0 Å². The highest BCUT2D eigenvalue weighted by molar-refractivity contribution is 4.79. The molecule has 1 aliphatic heterocycles. The zero-order valence-corrected chi connectivity index (χ0v) is 7.57. The van der Waals surface area contributed by atoms with Gasteiger partial charge < -0.3 is 14.9 Å². The minimum atomic E-state index is 0.00606. The number of hydrogen-bond donors (Lipinski definition) is 2. The number of aliphatic hydroxyl groups excluding tert-OH is 2. The van der Waals surface area contributed by atoms with Gasteiger partial charge >= 0.3 is 0 Å². The lowest BCUT2D eigenvalue weighted by Crippen LogP contribution is -2.20. The molecule has 0 aliphatic carbocycles. The summed E-state index contributed by atoms with van der Waals surface area (Å²) in [7, 11) is 0. The number of aliphatic hydroxyl groups is 2. The van der Waals surface area contributed by atoms with Crippen molar-refractivity contribution in [3.63, 3.8) is 0 Å². The van der Waals surface area contributed by atoms with Gasteiger partial charge in [0.1, 0.15) is 0 Å². The molecule has 3 nitrogen and oxygen atoms in total. The SMILES string of the molecule is C[C@H]1CC(CCCO)[C@@H](CO)O1. The van der Waals surface area contributed by atoms with Crippen molar-refractivity contribution in [2.45, 2.75) is 38.4 Å². The van der Waals surface area contributed by atoms with E-state index in [0.717, 1.165) is 19.3 Å². The van der Waals surface area contributed by atoms with Crippen LogP contribution in [-0.4, -0.2) is 35.6 Å². The second kappa shape index (κ2) is 4.80. The predicted octanol–water partition coefficient (Wildman–Crippen LogP) is 0.545. The van der Waals surface area contributed by atoms with Crippen LogP contribution in [0.1, 0.15) is 26.2 Å². The third kappa shape index (κ3) is 2.44. The quantitative estimate of drug-likeness (QED) is 0.654. The molecule has 0 spiro atoms. The van der Waals surface area contributed by atoms with Crippen molar-refractivity contribution in [1.82, 2.24) is 0 Å². The Balaban J connectivity index is 2.30. The molecule has 1 aliphatic rings. The van der Waals surface area contributed by atoms with Crippen LogP contribution < -0.4 is 0 Å². The van der Waals surface area contributed by atoms with Gasteiger partial charge in [-0.25, -0.2) is 0 Å². The van der Waals surface area contributed by atoms with Gasteiger partial charge in [0.2, 0.25) is 0 Å². The Kier molecular flexibility index (Phi) is 3.98. The predicted molar refractivity (Wildman–Crippen MR) is 45.8 cm³/mol. The number of ether oxygens (including phenoxy) is 1. The highest BCUT2D eigenvalue weighted by Crippen LogP contribution is 2.29. The fourth-order valence-corrected chi connectivity index (χ4v) is 1.89. The van der Waals surface area contributed by atoms with Crippen molar-refractivity contribution in [1.29, 1.82) is 0 Å². The first-order valence-electron chi connectivity index (χ1n) is 4.65. The normalized spacial score (nSPS) is 35.8. The molecule has 3 heteroatoms. The third-order valence-electron chi connectivity index (χ3n) is 2.48. The zero-order valence-electron chi connectivity index (χ0n) is 7.57. The van der Waals surface area contributed by atoms with Crippen LogP contribution in [0.2, 0.25) is 0 Å². The summed E-state index contributed by atoms with van der Waals surface area (Å²) in [5.74, 6) is 0.442. The fourth-order valence-electron chi connectivity index (χ4n) is 1.89. The van der Waals surface area contributed by atoms with Gasteiger partial charge in [0.05, 0.1) is 18.8 Å². The molecule has 72 valence electrons. The number of rotatable bonds is 4. The Morgan fingerprint density at radius 1 is 1.42 bits per heavy atom. The topological polar surface area (TPSA) is 49.7 Å². The van der Waals surface area contributed by atoms with E-state index in [2.05, 4.69) is 0 Å². The standard InChI is InChI=1S/C9H18O3/c1-7-5-8(3-2-4-10)9(6-11)12-7/h7-11H,2-6H2,1H3/t7-,8?,9+/m0/s1. The summed E-state index contributed by atoms with van der Waals surface area (Å²) in [6.45, 7) is 2.38. The van der Waals surface area contributed by atoms with Crippen LogP contribution in [0, 0.1) is 5.92 Å². The summed E-state index contributed by atoms with van der Waals surface area (Å²) in [5, 5.41) is 17.6. The summed E-state index contributed by atoms with van der Waals surface area (Å²) in [5.41, 5.74) is 0. The van der Waals surface area contributed by atoms with E-state index >= 15 is 0 Å². The Bertz CT molecular complexity index is 127. The van der Waals surface area contributed by atoms with E-state index in [1.165, 1.54) is 0 Å². The van der Waals surface area contributed by atoms with Crippen molar-refractivity contribution in [2.24, 2.45) is 5.92 Å².